The molecule has 2 amide bonds. The largest absolute Gasteiger partial charge is 0.494 e. The van der Waals surface area contributed by atoms with Gasteiger partial charge in [-0.1, -0.05) is 51.9 Å². The summed E-state index contributed by atoms with van der Waals surface area (Å²) < 4.78 is 21.6. The molecule has 0 fully saturated rings. The first kappa shape index (κ1) is 28.2. The van der Waals surface area contributed by atoms with Crippen molar-refractivity contribution in [3.05, 3.63) is 24.3 Å². The van der Waals surface area contributed by atoms with Crippen LogP contribution in [0, 0.1) is 0 Å². The quantitative estimate of drug-likeness (QED) is 0.259. The van der Waals surface area contributed by atoms with Crippen LogP contribution in [-0.2, 0) is 14.2 Å². The molecule has 0 heterocycles. The molecule has 0 aliphatic carbocycles. The van der Waals surface area contributed by atoms with E-state index in [1.807, 2.05) is 24.3 Å². The monoisotopic (exact) mass is 452 g/mol. The maximum absolute atomic E-state index is 12.0. The minimum atomic E-state index is -0.230. The van der Waals surface area contributed by atoms with Gasteiger partial charge in [0.1, 0.15) is 11.9 Å². The normalized spacial score (nSPS) is 11.8. The summed E-state index contributed by atoms with van der Waals surface area (Å²) in [5.74, 6) is 0.832. The Kier molecular flexibility index (Phi) is 17.5. The molecule has 1 aromatic rings. The van der Waals surface area contributed by atoms with Crippen LogP contribution in [0.2, 0.25) is 0 Å². The zero-order chi connectivity index (χ0) is 23.3. The summed E-state index contributed by atoms with van der Waals surface area (Å²) in [6.45, 7) is 5.05. The van der Waals surface area contributed by atoms with Crippen molar-refractivity contribution in [2.24, 2.45) is 0 Å². The maximum Gasteiger partial charge on any atom is 0.319 e. The van der Waals surface area contributed by atoms with E-state index in [1.54, 1.807) is 14.2 Å². The summed E-state index contributed by atoms with van der Waals surface area (Å²) in [5, 5.41) is 5.65. The molecule has 2 N–H and O–H groups in total. The summed E-state index contributed by atoms with van der Waals surface area (Å²) in [4.78, 5) is 12.0. The average molecular weight is 453 g/mol. The number of unbranched alkanes of at least 4 members (excludes halogenated alkanes) is 7. The van der Waals surface area contributed by atoms with Crippen LogP contribution in [0.1, 0.15) is 64.7 Å². The van der Waals surface area contributed by atoms with Gasteiger partial charge in [0.2, 0.25) is 0 Å². The van der Waals surface area contributed by atoms with Gasteiger partial charge in [0.15, 0.2) is 0 Å². The highest BCUT2D eigenvalue weighted by Crippen LogP contribution is 2.16. The fraction of sp³-hybridized carbons (Fsp3) is 0.720. The smallest absolute Gasteiger partial charge is 0.319 e. The molecule has 0 aliphatic rings. The Labute approximate surface area is 194 Å². The van der Waals surface area contributed by atoms with E-state index in [4.69, 9.17) is 18.9 Å². The van der Waals surface area contributed by atoms with Crippen molar-refractivity contribution in [1.29, 1.82) is 0 Å². The molecule has 1 atom stereocenters. The summed E-state index contributed by atoms with van der Waals surface area (Å²) in [7, 11) is 3.27. The molecule has 0 radical (unpaired) electrons. The van der Waals surface area contributed by atoms with Crippen molar-refractivity contribution in [3.8, 4) is 5.75 Å². The molecule has 7 nitrogen and oxygen atoms in total. The van der Waals surface area contributed by atoms with Gasteiger partial charge < -0.3 is 29.6 Å². The van der Waals surface area contributed by atoms with Gasteiger partial charge in [-0.3, -0.25) is 0 Å². The molecule has 0 aromatic heterocycles. The van der Waals surface area contributed by atoms with Gasteiger partial charge in [0.05, 0.1) is 19.8 Å². The number of nitrogens with one attached hydrogen (secondary N) is 2. The lowest BCUT2D eigenvalue weighted by atomic mass is 10.1. The van der Waals surface area contributed by atoms with Crippen molar-refractivity contribution in [2.75, 3.05) is 52.5 Å². The predicted molar refractivity (Wildman–Crippen MR) is 130 cm³/mol. The van der Waals surface area contributed by atoms with E-state index in [9.17, 15) is 4.79 Å². The first-order chi connectivity index (χ1) is 15.7. The van der Waals surface area contributed by atoms with Gasteiger partial charge in [0, 0.05) is 33.1 Å². The van der Waals surface area contributed by atoms with E-state index < -0.39 is 0 Å². The Morgan fingerprint density at radius 3 is 2.22 bits per heavy atom. The second kappa shape index (κ2) is 19.8. The fourth-order valence-corrected chi connectivity index (χ4v) is 3.20. The van der Waals surface area contributed by atoms with Gasteiger partial charge in [-0.25, -0.2) is 4.79 Å². The van der Waals surface area contributed by atoms with Gasteiger partial charge in [-0.15, -0.1) is 0 Å². The second-order valence-corrected chi connectivity index (χ2v) is 7.97. The number of benzene rings is 1. The lowest BCUT2D eigenvalue weighted by molar-refractivity contribution is -0.0304. The van der Waals surface area contributed by atoms with E-state index in [1.165, 1.54) is 44.9 Å². The highest BCUT2D eigenvalue weighted by Gasteiger charge is 2.06. The van der Waals surface area contributed by atoms with Crippen LogP contribution in [-0.4, -0.2) is 59.3 Å². The molecule has 184 valence electrons. The molecule has 0 saturated heterocycles. The third-order valence-electron chi connectivity index (χ3n) is 5.12. The van der Waals surface area contributed by atoms with Gasteiger partial charge in [-0.2, -0.15) is 0 Å². The number of hydrogen-bond donors (Lipinski definition) is 2. The lowest BCUT2D eigenvalue weighted by Gasteiger charge is -2.14. The number of hydrogen-bond acceptors (Lipinski definition) is 5. The third-order valence-corrected chi connectivity index (χ3v) is 5.12. The van der Waals surface area contributed by atoms with Crippen LogP contribution in [0.5, 0.6) is 5.75 Å². The van der Waals surface area contributed by atoms with Crippen molar-refractivity contribution < 1.29 is 23.7 Å². The van der Waals surface area contributed by atoms with Crippen molar-refractivity contribution in [3.63, 3.8) is 0 Å². The van der Waals surface area contributed by atoms with E-state index in [-0.39, 0.29) is 12.1 Å². The van der Waals surface area contributed by atoms with Crippen LogP contribution in [0.3, 0.4) is 0 Å². The second-order valence-electron chi connectivity index (χ2n) is 7.97. The molecule has 0 saturated carbocycles. The molecule has 0 spiro atoms. The number of methoxy groups -OCH3 is 2. The van der Waals surface area contributed by atoms with Crippen LogP contribution in [0.4, 0.5) is 10.5 Å². The van der Waals surface area contributed by atoms with Crippen molar-refractivity contribution in [1.82, 2.24) is 5.32 Å². The lowest BCUT2D eigenvalue weighted by Crippen LogP contribution is -2.30. The number of anilines is 1. The third kappa shape index (κ3) is 15.1. The Balaban J connectivity index is 2.06. The highest BCUT2D eigenvalue weighted by atomic mass is 16.5. The van der Waals surface area contributed by atoms with E-state index in [2.05, 4.69) is 17.6 Å². The standard InChI is InChI=1S/C25H44N2O5/c1-4-5-6-7-8-9-10-11-19-32-23-15-13-22(14-16-23)27-25(28)26-17-12-18-31-21-24(30-3)20-29-2/h13-16,24H,4-12,17-21H2,1-3H3,(H2,26,27,28)/t24-/m1/s1. The minimum absolute atomic E-state index is 0.0662. The van der Waals surface area contributed by atoms with E-state index in [0.29, 0.717) is 26.4 Å². The van der Waals surface area contributed by atoms with Crippen LogP contribution >= 0.6 is 0 Å². The molecule has 0 unspecified atom stereocenters. The van der Waals surface area contributed by atoms with Gasteiger partial charge in [-0.05, 0) is 37.1 Å². The van der Waals surface area contributed by atoms with Crippen LogP contribution in [0.25, 0.3) is 0 Å². The minimum Gasteiger partial charge on any atom is -0.494 e. The fourth-order valence-electron chi connectivity index (χ4n) is 3.20. The summed E-state index contributed by atoms with van der Waals surface area (Å²) in [5.41, 5.74) is 0.737. The number of ether oxygens (including phenoxy) is 4. The molecule has 32 heavy (non-hydrogen) atoms. The number of amides is 2. The first-order valence-corrected chi connectivity index (χ1v) is 12.1. The Hall–Kier alpha value is -1.83. The predicted octanol–water partition coefficient (Wildman–Crippen LogP) is 5.40. The van der Waals surface area contributed by atoms with Crippen LogP contribution < -0.4 is 15.4 Å². The molecule has 7 heteroatoms. The molecule has 0 aliphatic heterocycles. The van der Waals surface area contributed by atoms with Crippen molar-refractivity contribution >= 4 is 11.7 Å². The molecule has 1 aromatic carbocycles. The van der Waals surface area contributed by atoms with Crippen LogP contribution in [0.15, 0.2) is 24.3 Å². The first-order valence-electron chi connectivity index (χ1n) is 12.1. The maximum atomic E-state index is 12.0. The topological polar surface area (TPSA) is 78.1 Å². The molecule has 1 rings (SSSR count). The number of carbonyl (C=O) groups is 1. The summed E-state index contributed by atoms with van der Waals surface area (Å²) in [6.07, 6.45) is 11.0. The Morgan fingerprint density at radius 1 is 0.875 bits per heavy atom. The highest BCUT2D eigenvalue weighted by molar-refractivity contribution is 5.89. The SMILES string of the molecule is CCCCCCCCCCOc1ccc(NC(=O)NCCCOC[C@@H](COC)OC)cc1. The van der Waals surface area contributed by atoms with Crippen molar-refractivity contribution in [2.45, 2.75) is 70.8 Å². The zero-order valence-corrected chi connectivity index (χ0v) is 20.3. The van der Waals surface area contributed by atoms with E-state index in [0.717, 1.165) is 30.9 Å². The molecular weight excluding hydrogens is 408 g/mol. The van der Waals surface area contributed by atoms with Gasteiger partial charge >= 0.3 is 6.03 Å². The van der Waals surface area contributed by atoms with E-state index >= 15 is 0 Å². The zero-order valence-electron chi connectivity index (χ0n) is 20.3. The van der Waals surface area contributed by atoms with Gasteiger partial charge in [0.25, 0.3) is 0 Å². The molecule has 0 bridgehead atoms. The Morgan fingerprint density at radius 2 is 1.56 bits per heavy atom. The molecular formula is C25H44N2O5. The average Bonchev–Trinajstić information content (AvgIpc) is 2.80. The Bertz CT molecular complexity index is 568. The summed E-state index contributed by atoms with van der Waals surface area (Å²) in [6, 6.07) is 7.26. The number of rotatable bonds is 20. The summed E-state index contributed by atoms with van der Waals surface area (Å²) >= 11 is 0. The number of urea groups is 1. The number of carbonyl (C=O) groups excluding carboxylic acids is 1.